The van der Waals surface area contributed by atoms with E-state index in [-0.39, 0.29) is 16.6 Å². The minimum absolute atomic E-state index is 0.147. The number of aromatic carboxylic acids is 1. The van der Waals surface area contributed by atoms with Crippen LogP contribution < -0.4 is 15.6 Å². The Balaban J connectivity index is 2.38. The summed E-state index contributed by atoms with van der Waals surface area (Å²) in [5.41, 5.74) is -0.205. The summed E-state index contributed by atoms with van der Waals surface area (Å²) in [6, 6.07) is 2.87. The Bertz CT molecular complexity index is 825. The molecular weight excluding hydrogens is 301 g/mol. The fourth-order valence-corrected chi connectivity index (χ4v) is 3.05. The highest BCUT2D eigenvalue weighted by Crippen LogP contribution is 2.28. The molecule has 1 saturated heterocycles. The summed E-state index contributed by atoms with van der Waals surface area (Å²) in [5.74, 6) is -1.80. The zero-order chi connectivity index (χ0) is 16.6. The number of rotatable bonds is 3. The molecule has 0 aliphatic carbocycles. The number of halogens is 1. The quantitative estimate of drug-likeness (QED) is 0.891. The molecule has 1 aliphatic heterocycles. The van der Waals surface area contributed by atoms with Gasteiger partial charge in [-0.3, -0.25) is 4.79 Å². The molecule has 0 unspecified atom stereocenters. The van der Waals surface area contributed by atoms with Crippen molar-refractivity contribution in [3.63, 3.8) is 0 Å². The van der Waals surface area contributed by atoms with Gasteiger partial charge in [0.1, 0.15) is 11.4 Å². The normalized spacial score (nSPS) is 15.1. The molecule has 2 heterocycles. The minimum atomic E-state index is -1.30. The average molecular weight is 319 g/mol. The SMILES string of the molecule is CCn1cc(C(=O)O)c(=O)c2c(N3CCNCC3)c(F)ccc21. The number of pyridine rings is 1. The number of carboxylic acids is 1. The van der Waals surface area contributed by atoms with Crippen molar-refractivity contribution in [3.05, 3.63) is 39.9 Å². The summed E-state index contributed by atoms with van der Waals surface area (Å²) in [6.07, 6.45) is 1.33. The van der Waals surface area contributed by atoms with Crippen molar-refractivity contribution in [2.75, 3.05) is 31.1 Å². The summed E-state index contributed by atoms with van der Waals surface area (Å²) in [7, 11) is 0. The Hall–Kier alpha value is -2.41. The number of anilines is 1. The molecule has 1 aliphatic rings. The topological polar surface area (TPSA) is 74.6 Å². The van der Waals surface area contributed by atoms with Crippen LogP contribution in [0.15, 0.2) is 23.1 Å². The van der Waals surface area contributed by atoms with Crippen LogP contribution in [0.3, 0.4) is 0 Å². The largest absolute Gasteiger partial charge is 0.477 e. The number of piperazine rings is 1. The van der Waals surface area contributed by atoms with Crippen molar-refractivity contribution in [1.82, 2.24) is 9.88 Å². The summed E-state index contributed by atoms with van der Waals surface area (Å²) in [6.45, 7) is 4.86. The first-order valence-corrected chi connectivity index (χ1v) is 7.59. The molecule has 0 spiro atoms. The number of fused-ring (bicyclic) bond motifs is 1. The second-order valence-electron chi connectivity index (χ2n) is 5.49. The number of benzene rings is 1. The maximum atomic E-state index is 14.5. The Kier molecular flexibility index (Phi) is 4.04. The molecule has 7 heteroatoms. The van der Waals surface area contributed by atoms with Gasteiger partial charge in [-0.1, -0.05) is 0 Å². The molecule has 0 atom stereocenters. The summed E-state index contributed by atoms with van der Waals surface area (Å²) < 4.78 is 16.2. The number of aromatic nitrogens is 1. The monoisotopic (exact) mass is 319 g/mol. The van der Waals surface area contributed by atoms with Gasteiger partial charge < -0.3 is 19.9 Å². The first-order valence-electron chi connectivity index (χ1n) is 7.59. The molecule has 6 nitrogen and oxygen atoms in total. The third-order valence-electron chi connectivity index (χ3n) is 4.18. The predicted octanol–water partition coefficient (Wildman–Crippen LogP) is 1.27. The van der Waals surface area contributed by atoms with Crippen molar-refractivity contribution in [1.29, 1.82) is 0 Å². The van der Waals surface area contributed by atoms with Crippen molar-refractivity contribution in [3.8, 4) is 0 Å². The molecule has 1 aromatic heterocycles. The average Bonchev–Trinajstić information content (AvgIpc) is 2.56. The maximum absolute atomic E-state index is 14.5. The Morgan fingerprint density at radius 3 is 2.65 bits per heavy atom. The first kappa shape index (κ1) is 15.5. The fraction of sp³-hybridized carbons (Fsp3) is 0.375. The van der Waals surface area contributed by atoms with Crippen LogP contribution in [0.25, 0.3) is 10.9 Å². The van der Waals surface area contributed by atoms with Crippen LogP contribution >= 0.6 is 0 Å². The van der Waals surface area contributed by atoms with Crippen LogP contribution in [0.2, 0.25) is 0 Å². The number of carbonyl (C=O) groups is 1. The van der Waals surface area contributed by atoms with E-state index >= 15 is 0 Å². The van der Waals surface area contributed by atoms with Gasteiger partial charge in [0.05, 0.1) is 16.6 Å². The maximum Gasteiger partial charge on any atom is 0.341 e. The van der Waals surface area contributed by atoms with Crippen LogP contribution in [0.5, 0.6) is 0 Å². The molecule has 0 radical (unpaired) electrons. The summed E-state index contributed by atoms with van der Waals surface area (Å²) in [5, 5.41) is 12.6. The summed E-state index contributed by atoms with van der Waals surface area (Å²) in [4.78, 5) is 25.8. The second kappa shape index (κ2) is 6.00. The lowest BCUT2D eigenvalue weighted by atomic mass is 10.1. The molecule has 0 saturated carbocycles. The number of aryl methyl sites for hydroxylation is 1. The van der Waals surface area contributed by atoms with E-state index in [9.17, 15) is 19.1 Å². The lowest BCUT2D eigenvalue weighted by molar-refractivity contribution is 0.0695. The van der Waals surface area contributed by atoms with Crippen molar-refractivity contribution < 1.29 is 14.3 Å². The van der Waals surface area contributed by atoms with Gasteiger partial charge >= 0.3 is 5.97 Å². The highest BCUT2D eigenvalue weighted by atomic mass is 19.1. The lowest BCUT2D eigenvalue weighted by Gasteiger charge is -2.30. The van der Waals surface area contributed by atoms with E-state index in [0.717, 1.165) is 0 Å². The van der Waals surface area contributed by atoms with Crippen LogP contribution in [0.1, 0.15) is 17.3 Å². The van der Waals surface area contributed by atoms with Crippen molar-refractivity contribution >= 4 is 22.6 Å². The van der Waals surface area contributed by atoms with Gasteiger partial charge in [-0.2, -0.15) is 0 Å². The second-order valence-corrected chi connectivity index (χ2v) is 5.49. The Morgan fingerprint density at radius 1 is 1.35 bits per heavy atom. The highest BCUT2D eigenvalue weighted by Gasteiger charge is 2.23. The third kappa shape index (κ3) is 2.57. The minimum Gasteiger partial charge on any atom is -0.477 e. The molecule has 1 aromatic carbocycles. The van der Waals surface area contributed by atoms with E-state index in [1.807, 2.05) is 6.92 Å². The van der Waals surface area contributed by atoms with Crippen LogP contribution in [-0.4, -0.2) is 41.8 Å². The zero-order valence-electron chi connectivity index (χ0n) is 12.8. The van der Waals surface area contributed by atoms with Gasteiger partial charge in [-0.25, -0.2) is 9.18 Å². The Morgan fingerprint density at radius 2 is 2.04 bits per heavy atom. The van der Waals surface area contributed by atoms with Crippen LogP contribution in [0, 0.1) is 5.82 Å². The molecule has 122 valence electrons. The standard InChI is InChI=1S/C16H18FN3O3/c1-2-19-9-10(16(22)23)15(21)13-12(19)4-3-11(17)14(13)20-7-5-18-6-8-20/h3-4,9,18H,2,5-8H2,1H3,(H,22,23). The van der Waals surface area contributed by atoms with Gasteiger partial charge in [-0.15, -0.1) is 0 Å². The van der Waals surface area contributed by atoms with E-state index in [2.05, 4.69) is 5.32 Å². The van der Waals surface area contributed by atoms with Crippen LogP contribution in [0.4, 0.5) is 10.1 Å². The van der Waals surface area contributed by atoms with E-state index in [0.29, 0.717) is 38.2 Å². The van der Waals surface area contributed by atoms with E-state index < -0.39 is 17.2 Å². The third-order valence-corrected chi connectivity index (χ3v) is 4.18. The predicted molar refractivity (Wildman–Crippen MR) is 85.9 cm³/mol. The van der Waals surface area contributed by atoms with Gasteiger partial charge in [0, 0.05) is 38.9 Å². The number of hydrogen-bond donors (Lipinski definition) is 2. The van der Waals surface area contributed by atoms with E-state index in [1.54, 1.807) is 9.47 Å². The number of nitrogens with one attached hydrogen (secondary N) is 1. The lowest BCUT2D eigenvalue weighted by Crippen LogP contribution is -2.44. The first-order chi connectivity index (χ1) is 11.0. The molecule has 0 amide bonds. The summed E-state index contributed by atoms with van der Waals surface area (Å²) >= 11 is 0. The van der Waals surface area contributed by atoms with Gasteiger partial charge in [0.25, 0.3) is 0 Å². The molecule has 3 rings (SSSR count). The molecule has 1 fully saturated rings. The van der Waals surface area contributed by atoms with Gasteiger partial charge in [0.2, 0.25) is 5.43 Å². The molecule has 2 aromatic rings. The molecule has 23 heavy (non-hydrogen) atoms. The fourth-order valence-electron chi connectivity index (χ4n) is 3.05. The van der Waals surface area contributed by atoms with Gasteiger partial charge in [0.15, 0.2) is 0 Å². The molecular formula is C16H18FN3O3. The number of nitrogens with zero attached hydrogens (tertiary/aromatic N) is 2. The van der Waals surface area contributed by atoms with Gasteiger partial charge in [-0.05, 0) is 19.1 Å². The molecule has 2 N–H and O–H groups in total. The van der Waals surface area contributed by atoms with Crippen molar-refractivity contribution in [2.45, 2.75) is 13.5 Å². The van der Waals surface area contributed by atoms with Crippen LogP contribution in [-0.2, 0) is 6.54 Å². The number of carboxylic acid groups (broad SMARTS) is 1. The highest BCUT2D eigenvalue weighted by molar-refractivity contribution is 5.98. The smallest absolute Gasteiger partial charge is 0.341 e. The van der Waals surface area contributed by atoms with Crippen molar-refractivity contribution in [2.24, 2.45) is 0 Å². The Labute approximate surface area is 132 Å². The molecule has 0 bridgehead atoms. The van der Waals surface area contributed by atoms with E-state index in [4.69, 9.17) is 0 Å². The zero-order valence-corrected chi connectivity index (χ0v) is 12.8. The van der Waals surface area contributed by atoms with E-state index in [1.165, 1.54) is 18.3 Å². The number of hydrogen-bond acceptors (Lipinski definition) is 4.